The van der Waals surface area contributed by atoms with E-state index in [2.05, 4.69) is 4.98 Å². The summed E-state index contributed by atoms with van der Waals surface area (Å²) in [5.74, 6) is 0. The van der Waals surface area contributed by atoms with E-state index in [9.17, 15) is 0 Å². The van der Waals surface area contributed by atoms with Gasteiger partial charge in [0.2, 0.25) is 0 Å². The van der Waals surface area contributed by atoms with E-state index in [0.29, 0.717) is 16.6 Å². The molecule has 1 aliphatic carbocycles. The fourth-order valence-corrected chi connectivity index (χ4v) is 2.98. The molecule has 0 saturated heterocycles. The van der Waals surface area contributed by atoms with Gasteiger partial charge in [0, 0.05) is 11.4 Å². The van der Waals surface area contributed by atoms with Gasteiger partial charge in [-0.1, -0.05) is 12.8 Å². The standard InChI is InChI=1S/C10H15N3S/c11-8-5-6-13-10(9(8)12)14-7-3-1-2-4-7/h5-7H,1-4,12H2,(H2,11,13). The number of anilines is 2. The Morgan fingerprint density at radius 2 is 2.00 bits per heavy atom. The van der Waals surface area contributed by atoms with Crippen molar-refractivity contribution in [3.8, 4) is 0 Å². The molecule has 3 nitrogen and oxygen atoms in total. The lowest BCUT2D eigenvalue weighted by atomic mass is 10.4. The highest BCUT2D eigenvalue weighted by molar-refractivity contribution is 8.00. The molecular formula is C10H15N3S. The summed E-state index contributed by atoms with van der Waals surface area (Å²) in [5.41, 5.74) is 12.9. The molecule has 0 bridgehead atoms. The third-order valence-electron chi connectivity index (χ3n) is 2.57. The van der Waals surface area contributed by atoms with Crippen LogP contribution < -0.4 is 11.5 Å². The maximum atomic E-state index is 5.85. The second kappa shape index (κ2) is 4.09. The van der Waals surface area contributed by atoms with Gasteiger partial charge in [-0.25, -0.2) is 4.98 Å². The zero-order valence-electron chi connectivity index (χ0n) is 8.07. The predicted octanol–water partition coefficient (Wildman–Crippen LogP) is 2.28. The minimum Gasteiger partial charge on any atom is -0.397 e. The predicted molar refractivity (Wildman–Crippen MR) is 61.2 cm³/mol. The van der Waals surface area contributed by atoms with Crippen molar-refractivity contribution in [2.45, 2.75) is 36.0 Å². The molecule has 1 aliphatic rings. The number of nitrogens with two attached hydrogens (primary N) is 2. The number of aromatic nitrogens is 1. The van der Waals surface area contributed by atoms with Gasteiger partial charge in [0.15, 0.2) is 0 Å². The normalized spacial score (nSPS) is 17.4. The third-order valence-corrected chi connectivity index (χ3v) is 3.92. The highest BCUT2D eigenvalue weighted by Crippen LogP contribution is 2.37. The Kier molecular flexibility index (Phi) is 2.82. The lowest BCUT2D eigenvalue weighted by Gasteiger charge is -2.10. The largest absolute Gasteiger partial charge is 0.397 e. The van der Waals surface area contributed by atoms with Crippen molar-refractivity contribution in [3.63, 3.8) is 0 Å². The molecule has 0 radical (unpaired) electrons. The van der Waals surface area contributed by atoms with Crippen LogP contribution in [0.1, 0.15) is 25.7 Å². The number of nitrogen functional groups attached to an aromatic ring is 2. The molecule has 76 valence electrons. The van der Waals surface area contributed by atoms with Gasteiger partial charge in [0.05, 0.1) is 11.4 Å². The minimum absolute atomic E-state index is 0.639. The molecule has 4 heteroatoms. The van der Waals surface area contributed by atoms with E-state index in [1.54, 1.807) is 24.0 Å². The summed E-state index contributed by atoms with van der Waals surface area (Å²) in [4.78, 5) is 4.26. The van der Waals surface area contributed by atoms with E-state index < -0.39 is 0 Å². The van der Waals surface area contributed by atoms with Crippen molar-refractivity contribution >= 4 is 23.1 Å². The molecule has 4 N–H and O–H groups in total. The molecule has 0 spiro atoms. The van der Waals surface area contributed by atoms with Crippen molar-refractivity contribution in [2.24, 2.45) is 0 Å². The van der Waals surface area contributed by atoms with E-state index in [4.69, 9.17) is 11.5 Å². The molecule has 0 aliphatic heterocycles. The Morgan fingerprint density at radius 1 is 1.29 bits per heavy atom. The average molecular weight is 209 g/mol. The molecular weight excluding hydrogens is 194 g/mol. The van der Waals surface area contributed by atoms with Crippen molar-refractivity contribution < 1.29 is 0 Å². The monoisotopic (exact) mass is 209 g/mol. The minimum atomic E-state index is 0.639. The Hall–Kier alpha value is -0.900. The van der Waals surface area contributed by atoms with Gasteiger partial charge >= 0.3 is 0 Å². The summed E-state index contributed by atoms with van der Waals surface area (Å²) in [6.07, 6.45) is 6.95. The van der Waals surface area contributed by atoms with Crippen LogP contribution in [0.3, 0.4) is 0 Å². The molecule has 1 fully saturated rings. The second-order valence-electron chi connectivity index (χ2n) is 3.64. The van der Waals surface area contributed by atoms with Crippen LogP contribution in [0.15, 0.2) is 17.3 Å². The lowest BCUT2D eigenvalue weighted by molar-refractivity contribution is 0.886. The van der Waals surface area contributed by atoms with Crippen LogP contribution in [0.4, 0.5) is 11.4 Å². The molecule has 1 saturated carbocycles. The zero-order valence-corrected chi connectivity index (χ0v) is 8.89. The lowest BCUT2D eigenvalue weighted by Crippen LogP contribution is -2.01. The van der Waals surface area contributed by atoms with Crippen molar-refractivity contribution in [1.29, 1.82) is 0 Å². The average Bonchev–Trinajstić information content (AvgIpc) is 2.66. The van der Waals surface area contributed by atoms with Crippen LogP contribution in [0.5, 0.6) is 0 Å². The number of thioether (sulfide) groups is 1. The molecule has 0 unspecified atom stereocenters. The van der Waals surface area contributed by atoms with Crippen LogP contribution in [0, 0.1) is 0 Å². The maximum absolute atomic E-state index is 5.85. The molecule has 1 heterocycles. The zero-order chi connectivity index (χ0) is 9.97. The van der Waals surface area contributed by atoms with Gasteiger partial charge in [0.1, 0.15) is 5.03 Å². The first-order chi connectivity index (χ1) is 6.77. The number of hydrogen-bond acceptors (Lipinski definition) is 4. The highest BCUT2D eigenvalue weighted by Gasteiger charge is 2.18. The van der Waals surface area contributed by atoms with Crippen molar-refractivity contribution in [2.75, 3.05) is 11.5 Å². The number of pyridine rings is 1. The van der Waals surface area contributed by atoms with E-state index in [-0.39, 0.29) is 0 Å². The topological polar surface area (TPSA) is 64.9 Å². The van der Waals surface area contributed by atoms with E-state index in [0.717, 1.165) is 5.03 Å². The quantitative estimate of drug-likeness (QED) is 0.784. The van der Waals surface area contributed by atoms with Crippen molar-refractivity contribution in [1.82, 2.24) is 4.98 Å². The van der Waals surface area contributed by atoms with E-state index in [1.165, 1.54) is 25.7 Å². The summed E-state index contributed by atoms with van der Waals surface area (Å²) < 4.78 is 0. The first-order valence-corrected chi connectivity index (χ1v) is 5.82. The number of hydrogen-bond donors (Lipinski definition) is 2. The second-order valence-corrected chi connectivity index (χ2v) is 4.93. The Balaban J connectivity index is 2.11. The molecule has 1 aromatic heterocycles. The van der Waals surface area contributed by atoms with Crippen LogP contribution in [-0.2, 0) is 0 Å². The van der Waals surface area contributed by atoms with Crippen LogP contribution in [0.25, 0.3) is 0 Å². The SMILES string of the molecule is Nc1ccnc(SC2CCCC2)c1N. The van der Waals surface area contributed by atoms with E-state index in [1.807, 2.05) is 0 Å². The summed E-state index contributed by atoms with van der Waals surface area (Å²) in [5, 5.41) is 1.59. The summed E-state index contributed by atoms with van der Waals surface area (Å²) >= 11 is 1.78. The summed E-state index contributed by atoms with van der Waals surface area (Å²) in [7, 11) is 0. The number of rotatable bonds is 2. The first-order valence-electron chi connectivity index (χ1n) is 4.94. The highest BCUT2D eigenvalue weighted by atomic mass is 32.2. The molecule has 14 heavy (non-hydrogen) atoms. The van der Waals surface area contributed by atoms with Gasteiger partial charge in [-0.15, -0.1) is 11.8 Å². The molecule has 0 amide bonds. The fraction of sp³-hybridized carbons (Fsp3) is 0.500. The van der Waals surface area contributed by atoms with Gasteiger partial charge in [-0.05, 0) is 18.9 Å². The molecule has 1 aromatic rings. The van der Waals surface area contributed by atoms with E-state index >= 15 is 0 Å². The maximum Gasteiger partial charge on any atom is 0.121 e. The number of nitrogens with zero attached hydrogens (tertiary/aromatic N) is 1. The summed E-state index contributed by atoms with van der Waals surface area (Å²) in [6, 6.07) is 1.74. The van der Waals surface area contributed by atoms with Crippen LogP contribution in [-0.4, -0.2) is 10.2 Å². The Labute approximate surface area is 88.3 Å². The smallest absolute Gasteiger partial charge is 0.121 e. The molecule has 0 atom stereocenters. The summed E-state index contributed by atoms with van der Waals surface area (Å²) in [6.45, 7) is 0. The fourth-order valence-electron chi connectivity index (χ4n) is 1.73. The van der Waals surface area contributed by atoms with Gasteiger partial charge < -0.3 is 11.5 Å². The Morgan fingerprint density at radius 3 is 2.71 bits per heavy atom. The Bertz CT molecular complexity index is 321. The van der Waals surface area contributed by atoms with Crippen LogP contribution in [0.2, 0.25) is 0 Å². The van der Waals surface area contributed by atoms with Crippen LogP contribution >= 0.6 is 11.8 Å². The van der Waals surface area contributed by atoms with Gasteiger partial charge in [-0.2, -0.15) is 0 Å². The van der Waals surface area contributed by atoms with Gasteiger partial charge in [0.25, 0.3) is 0 Å². The molecule has 0 aromatic carbocycles. The van der Waals surface area contributed by atoms with Gasteiger partial charge in [-0.3, -0.25) is 0 Å². The molecule has 2 rings (SSSR count). The first kappa shape index (κ1) is 9.65. The van der Waals surface area contributed by atoms with Crippen molar-refractivity contribution in [3.05, 3.63) is 12.3 Å². The third kappa shape index (κ3) is 1.95.